The lowest BCUT2D eigenvalue weighted by Gasteiger charge is -2.06. The van der Waals surface area contributed by atoms with Gasteiger partial charge in [0.25, 0.3) is 11.8 Å². The number of rotatable bonds is 7. The number of nitrogens with one attached hydrogen (secondary N) is 2. The van der Waals surface area contributed by atoms with Crippen LogP contribution in [0, 0.1) is 0 Å². The highest BCUT2D eigenvalue weighted by atomic mass is 32.1. The van der Waals surface area contributed by atoms with E-state index in [-0.39, 0.29) is 18.2 Å². The lowest BCUT2D eigenvalue weighted by Crippen LogP contribution is -2.13. The predicted molar refractivity (Wildman–Crippen MR) is 122 cm³/mol. The number of carbonyl (C=O) groups excluding carboxylic acids is 3. The summed E-state index contributed by atoms with van der Waals surface area (Å²) < 4.78 is 5.33. The van der Waals surface area contributed by atoms with E-state index in [0.717, 1.165) is 0 Å². The summed E-state index contributed by atoms with van der Waals surface area (Å²) in [7, 11) is 0. The molecule has 2 amide bonds. The number of ether oxygens (including phenoxy) is 1. The second kappa shape index (κ2) is 9.65. The molecular weight excluding hydrogens is 454 g/mol. The number of hydrogen-bond acceptors (Lipinski definition) is 8. The van der Waals surface area contributed by atoms with Gasteiger partial charge in [-0.3, -0.25) is 19.7 Å². The third kappa shape index (κ3) is 5.63. The van der Waals surface area contributed by atoms with Crippen molar-refractivity contribution in [2.75, 3.05) is 10.6 Å². The molecule has 0 fully saturated rings. The Bertz CT molecular complexity index is 1180. The first-order chi connectivity index (χ1) is 15.1. The third-order valence-electron chi connectivity index (χ3n) is 3.93. The summed E-state index contributed by atoms with van der Waals surface area (Å²) in [6, 6.07) is 13.6. The Morgan fingerprint density at radius 2 is 1.48 bits per heavy atom. The standard InChI is InChI=1S/C21H15N3O4S3/c25-18(11-14-12-31-21(23-14)24-20(27)17-4-2-10-30-17)28-15-7-5-13(6-8-15)22-19(26)16-3-1-9-29-16/h1-10,12H,11H2,(H,22,26)(H,23,24,27). The molecule has 31 heavy (non-hydrogen) atoms. The highest BCUT2D eigenvalue weighted by Crippen LogP contribution is 2.20. The maximum Gasteiger partial charge on any atom is 0.317 e. The molecular formula is C21H15N3O4S3. The van der Waals surface area contributed by atoms with Crippen molar-refractivity contribution < 1.29 is 19.1 Å². The highest BCUT2D eigenvalue weighted by molar-refractivity contribution is 7.14. The summed E-state index contributed by atoms with van der Waals surface area (Å²) in [5.41, 5.74) is 1.11. The largest absolute Gasteiger partial charge is 0.426 e. The zero-order valence-electron chi connectivity index (χ0n) is 15.9. The van der Waals surface area contributed by atoms with E-state index in [1.807, 2.05) is 16.8 Å². The molecule has 0 atom stereocenters. The number of anilines is 2. The fraction of sp³-hybridized carbons (Fsp3) is 0.0476. The van der Waals surface area contributed by atoms with E-state index in [1.165, 1.54) is 34.0 Å². The van der Waals surface area contributed by atoms with Crippen molar-refractivity contribution in [3.05, 3.63) is 80.1 Å². The van der Waals surface area contributed by atoms with E-state index in [9.17, 15) is 14.4 Å². The van der Waals surface area contributed by atoms with Gasteiger partial charge in [-0.25, -0.2) is 4.98 Å². The summed E-state index contributed by atoms with van der Waals surface area (Å²) in [5.74, 6) is -0.535. The van der Waals surface area contributed by atoms with E-state index in [2.05, 4.69) is 15.6 Å². The van der Waals surface area contributed by atoms with Crippen molar-refractivity contribution in [1.29, 1.82) is 0 Å². The number of hydrogen-bond donors (Lipinski definition) is 2. The van der Waals surface area contributed by atoms with Gasteiger partial charge >= 0.3 is 5.97 Å². The quantitative estimate of drug-likeness (QED) is 0.296. The van der Waals surface area contributed by atoms with Crippen molar-refractivity contribution in [2.24, 2.45) is 0 Å². The number of thiophene rings is 2. The van der Waals surface area contributed by atoms with Crippen LogP contribution in [0.1, 0.15) is 25.0 Å². The van der Waals surface area contributed by atoms with Crippen molar-refractivity contribution in [3.8, 4) is 5.75 Å². The maximum absolute atomic E-state index is 12.2. The highest BCUT2D eigenvalue weighted by Gasteiger charge is 2.13. The molecule has 7 nitrogen and oxygen atoms in total. The number of thiazole rings is 1. The Hall–Kier alpha value is -3.34. The molecule has 2 N–H and O–H groups in total. The number of benzene rings is 1. The maximum atomic E-state index is 12.2. The molecule has 3 aromatic heterocycles. The predicted octanol–water partition coefficient (Wildman–Crippen LogP) is 4.92. The summed E-state index contributed by atoms with van der Waals surface area (Å²) in [6.07, 6.45) is -0.0256. The van der Waals surface area contributed by atoms with Crippen LogP contribution in [-0.4, -0.2) is 22.8 Å². The van der Waals surface area contributed by atoms with Gasteiger partial charge < -0.3 is 10.1 Å². The summed E-state index contributed by atoms with van der Waals surface area (Å²) in [6.45, 7) is 0. The van der Waals surface area contributed by atoms with Gasteiger partial charge in [0.05, 0.1) is 21.9 Å². The van der Waals surface area contributed by atoms with Gasteiger partial charge in [0.1, 0.15) is 5.75 Å². The van der Waals surface area contributed by atoms with Crippen LogP contribution < -0.4 is 15.4 Å². The molecule has 10 heteroatoms. The number of esters is 1. The summed E-state index contributed by atoms with van der Waals surface area (Å²) >= 11 is 3.94. The minimum Gasteiger partial charge on any atom is -0.426 e. The van der Waals surface area contributed by atoms with Crippen LogP contribution in [0.3, 0.4) is 0 Å². The minimum absolute atomic E-state index is 0.0256. The molecule has 0 saturated carbocycles. The first kappa shape index (κ1) is 20.9. The Kier molecular flexibility index (Phi) is 6.51. The first-order valence-electron chi connectivity index (χ1n) is 9.02. The molecule has 0 radical (unpaired) electrons. The molecule has 4 rings (SSSR count). The smallest absolute Gasteiger partial charge is 0.317 e. The zero-order valence-corrected chi connectivity index (χ0v) is 18.3. The molecule has 0 aliphatic heterocycles. The van der Waals surface area contributed by atoms with Crippen LogP contribution >= 0.6 is 34.0 Å². The first-order valence-corrected chi connectivity index (χ1v) is 11.7. The van der Waals surface area contributed by atoms with Crippen LogP contribution in [0.5, 0.6) is 5.75 Å². The Labute approximate surface area is 189 Å². The monoisotopic (exact) mass is 469 g/mol. The topological polar surface area (TPSA) is 97.4 Å². The molecule has 0 unspecified atom stereocenters. The Morgan fingerprint density at radius 3 is 2.10 bits per heavy atom. The molecule has 0 aliphatic carbocycles. The van der Waals surface area contributed by atoms with Gasteiger partial charge in [-0.15, -0.1) is 34.0 Å². The SMILES string of the molecule is O=C(Cc1csc(NC(=O)c2cccs2)n1)Oc1ccc(NC(=O)c2cccs2)cc1. The fourth-order valence-corrected chi connectivity index (χ4v) is 4.48. The lowest BCUT2D eigenvalue weighted by molar-refractivity contribution is -0.133. The van der Waals surface area contributed by atoms with E-state index < -0.39 is 5.97 Å². The average molecular weight is 470 g/mol. The van der Waals surface area contributed by atoms with Crippen molar-refractivity contribution in [1.82, 2.24) is 4.98 Å². The third-order valence-corrected chi connectivity index (χ3v) is 6.48. The molecule has 156 valence electrons. The van der Waals surface area contributed by atoms with E-state index >= 15 is 0 Å². The van der Waals surface area contributed by atoms with Crippen LogP contribution in [0.25, 0.3) is 0 Å². The van der Waals surface area contributed by atoms with Crippen LogP contribution in [0.15, 0.2) is 64.7 Å². The molecule has 3 heterocycles. The number of carbonyl (C=O) groups is 3. The zero-order chi connectivity index (χ0) is 21.6. The van der Waals surface area contributed by atoms with Crippen molar-refractivity contribution >= 4 is 62.6 Å². The van der Waals surface area contributed by atoms with Crippen molar-refractivity contribution in [2.45, 2.75) is 6.42 Å². The summed E-state index contributed by atoms with van der Waals surface area (Å²) in [4.78, 5) is 41.8. The average Bonchev–Trinajstić information content (AvgIpc) is 3.52. The number of amides is 2. The number of aromatic nitrogens is 1. The van der Waals surface area contributed by atoms with Gasteiger partial charge in [0.15, 0.2) is 5.13 Å². The second-order valence-corrected chi connectivity index (χ2v) is 8.94. The van der Waals surface area contributed by atoms with E-state index in [4.69, 9.17) is 4.74 Å². The van der Waals surface area contributed by atoms with Gasteiger partial charge in [0, 0.05) is 11.1 Å². The molecule has 0 bridgehead atoms. The van der Waals surface area contributed by atoms with E-state index in [0.29, 0.717) is 32.0 Å². The molecule has 0 saturated heterocycles. The normalized spacial score (nSPS) is 10.5. The molecule has 0 aliphatic rings. The molecule has 4 aromatic rings. The Balaban J connectivity index is 1.28. The van der Waals surface area contributed by atoms with Gasteiger partial charge in [-0.1, -0.05) is 12.1 Å². The van der Waals surface area contributed by atoms with Gasteiger partial charge in [-0.05, 0) is 47.2 Å². The van der Waals surface area contributed by atoms with Gasteiger partial charge in [-0.2, -0.15) is 0 Å². The van der Waals surface area contributed by atoms with Crippen molar-refractivity contribution in [3.63, 3.8) is 0 Å². The Morgan fingerprint density at radius 1 is 0.839 bits per heavy atom. The van der Waals surface area contributed by atoms with Crippen LogP contribution in [0.2, 0.25) is 0 Å². The number of nitrogens with zero attached hydrogens (tertiary/aromatic N) is 1. The van der Waals surface area contributed by atoms with Crippen LogP contribution in [-0.2, 0) is 11.2 Å². The summed E-state index contributed by atoms with van der Waals surface area (Å²) in [5, 5.41) is 11.3. The van der Waals surface area contributed by atoms with Gasteiger partial charge in [0.2, 0.25) is 0 Å². The van der Waals surface area contributed by atoms with E-state index in [1.54, 1.807) is 47.8 Å². The lowest BCUT2D eigenvalue weighted by atomic mass is 10.3. The molecule has 0 spiro atoms. The molecule has 1 aromatic carbocycles. The second-order valence-electron chi connectivity index (χ2n) is 6.18. The van der Waals surface area contributed by atoms with Crippen LogP contribution in [0.4, 0.5) is 10.8 Å². The fourth-order valence-electron chi connectivity index (χ4n) is 2.53. The minimum atomic E-state index is -0.475.